The Morgan fingerprint density at radius 2 is 1.61 bits per heavy atom. The number of nitrogens with zero attached hydrogens (tertiary/aromatic N) is 4. The number of likely N-dealkylation sites (tertiary alicyclic amines) is 2. The highest BCUT2D eigenvalue weighted by molar-refractivity contribution is 6.04. The van der Waals surface area contributed by atoms with E-state index in [9.17, 15) is 14.4 Å². The number of hydrogen-bond donors (Lipinski definition) is 3. The van der Waals surface area contributed by atoms with Gasteiger partial charge in [-0.15, -0.1) is 0 Å². The van der Waals surface area contributed by atoms with E-state index in [-0.39, 0.29) is 36.0 Å². The van der Waals surface area contributed by atoms with Crippen LogP contribution in [0.1, 0.15) is 101 Å². The molecule has 13 nitrogen and oxygen atoms in total. The summed E-state index contributed by atoms with van der Waals surface area (Å²) in [6.07, 6.45) is 3.77. The Hall–Kier alpha value is -5.61. The molecule has 3 fully saturated rings. The summed E-state index contributed by atoms with van der Waals surface area (Å²) in [7, 11) is 1.31. The molecule has 3 aromatic carbocycles. The minimum Gasteiger partial charge on any atom is -0.453 e. The number of carbonyl (C=O) groups is 3. The van der Waals surface area contributed by atoms with Crippen molar-refractivity contribution in [2.75, 3.05) is 26.9 Å². The van der Waals surface area contributed by atoms with Gasteiger partial charge in [-0.05, 0) is 114 Å². The van der Waals surface area contributed by atoms with E-state index in [2.05, 4.69) is 52.2 Å². The lowest BCUT2D eigenvalue weighted by atomic mass is 9.90. The fourth-order valence-corrected chi connectivity index (χ4v) is 8.46. The van der Waals surface area contributed by atoms with Crippen molar-refractivity contribution >= 4 is 50.9 Å². The summed E-state index contributed by atoms with van der Waals surface area (Å²) in [6, 6.07) is 15.1. The zero-order valence-electron chi connectivity index (χ0n) is 32.6. The van der Waals surface area contributed by atoms with Crippen molar-refractivity contribution in [2.45, 2.75) is 96.0 Å². The van der Waals surface area contributed by atoms with Gasteiger partial charge in [0, 0.05) is 42.3 Å². The van der Waals surface area contributed by atoms with E-state index < -0.39 is 17.7 Å². The molecule has 3 N–H and O–H groups in total. The van der Waals surface area contributed by atoms with Gasteiger partial charge in [0.25, 0.3) is 0 Å². The molecule has 13 heteroatoms. The van der Waals surface area contributed by atoms with Gasteiger partial charge in [-0.3, -0.25) is 9.69 Å². The number of imidazole rings is 2. The van der Waals surface area contributed by atoms with Gasteiger partial charge in [-0.1, -0.05) is 24.0 Å². The average Bonchev–Trinajstić information content (AvgIpc) is 4.00. The Morgan fingerprint density at radius 1 is 0.893 bits per heavy atom. The molecule has 292 valence electrons. The monoisotopic (exact) mass is 759 g/mol. The van der Waals surface area contributed by atoms with Gasteiger partial charge in [-0.2, -0.15) is 0 Å². The standard InChI is InChI=1S/C43H49N7O6/c1-25-8-17-35(50(25)42(53)56-43(2,3)4)39-44-31-15-12-27(24-33(31)46-39)10-9-26-11-14-30-29(23-26)13-16-32-37(30)47-38(45-32)34-7-6-20-49(34)40(51)36(48-41(52)54-5)28-18-21-55-22-19-28/h11-16,23-25,28,34-36H,6-8,17-22H2,1-5H3,(H,44,46)(H,45,47)(H,48,52)/t25-,34-,35-,36-/m0/s1. The molecule has 4 atom stereocenters. The highest BCUT2D eigenvalue weighted by atomic mass is 16.6. The van der Waals surface area contributed by atoms with Gasteiger partial charge >= 0.3 is 12.2 Å². The molecule has 5 heterocycles. The van der Waals surface area contributed by atoms with Gasteiger partial charge in [0.05, 0.1) is 41.3 Å². The number of aromatic amines is 2. The number of H-pyrrole nitrogens is 2. The number of alkyl carbamates (subject to hydrolysis) is 1. The second-order valence-electron chi connectivity index (χ2n) is 16.2. The van der Waals surface area contributed by atoms with Crippen LogP contribution in [0.2, 0.25) is 0 Å². The Morgan fingerprint density at radius 3 is 2.38 bits per heavy atom. The third-order valence-electron chi connectivity index (χ3n) is 11.2. The molecule has 2 aromatic heterocycles. The Labute approximate surface area is 325 Å². The molecular formula is C43H49N7O6. The number of nitrogens with one attached hydrogen (secondary N) is 3. The summed E-state index contributed by atoms with van der Waals surface area (Å²) in [5.74, 6) is 8.00. The van der Waals surface area contributed by atoms with Crippen LogP contribution in [0.4, 0.5) is 9.59 Å². The van der Waals surface area contributed by atoms with Gasteiger partial charge < -0.3 is 34.4 Å². The van der Waals surface area contributed by atoms with Crippen molar-refractivity contribution in [3.8, 4) is 11.8 Å². The molecule has 0 aliphatic carbocycles. The maximum Gasteiger partial charge on any atom is 0.411 e. The Balaban J connectivity index is 1.00. The molecule has 0 radical (unpaired) electrons. The second-order valence-corrected chi connectivity index (χ2v) is 16.2. The first-order chi connectivity index (χ1) is 27.0. The van der Waals surface area contributed by atoms with E-state index in [1.807, 2.05) is 60.9 Å². The molecule has 0 saturated carbocycles. The number of carbonyl (C=O) groups excluding carboxylic acids is 3. The van der Waals surface area contributed by atoms with Gasteiger partial charge in [0.15, 0.2) is 0 Å². The minimum atomic E-state index is -0.687. The smallest absolute Gasteiger partial charge is 0.411 e. The molecule has 3 aliphatic rings. The van der Waals surface area contributed by atoms with Crippen LogP contribution in [0, 0.1) is 17.8 Å². The van der Waals surface area contributed by atoms with E-state index in [4.69, 9.17) is 24.2 Å². The highest BCUT2D eigenvalue weighted by Gasteiger charge is 2.41. The SMILES string of the molecule is COC(=O)N[C@H](C(=O)N1CCC[C@H]1c1nc2ccc3cc(C#Cc4ccc5nc([C@@H]6CC[C@H](C)N6C(=O)OC(C)(C)C)[nH]c5c4)ccc3c2[nH]1)C1CCOCC1. The molecule has 0 bridgehead atoms. The maximum absolute atomic E-state index is 14.0. The third-order valence-corrected chi connectivity index (χ3v) is 11.2. The van der Waals surface area contributed by atoms with E-state index in [0.29, 0.717) is 32.6 Å². The van der Waals surface area contributed by atoms with Crippen molar-refractivity contribution in [3.63, 3.8) is 0 Å². The van der Waals surface area contributed by atoms with Gasteiger partial charge in [0.1, 0.15) is 23.3 Å². The quantitative estimate of drug-likeness (QED) is 0.158. The fraction of sp³-hybridized carbons (Fsp3) is 0.465. The Bertz CT molecular complexity index is 2360. The second kappa shape index (κ2) is 15.1. The van der Waals surface area contributed by atoms with Crippen LogP contribution in [-0.2, 0) is 19.0 Å². The minimum absolute atomic E-state index is 0.0286. The van der Waals surface area contributed by atoms with Crippen LogP contribution >= 0.6 is 0 Å². The van der Waals surface area contributed by atoms with Crippen LogP contribution in [0.15, 0.2) is 48.5 Å². The van der Waals surface area contributed by atoms with Crippen molar-refractivity contribution in [1.29, 1.82) is 0 Å². The van der Waals surface area contributed by atoms with Gasteiger partial charge in [0.2, 0.25) is 5.91 Å². The fourth-order valence-electron chi connectivity index (χ4n) is 8.46. The average molecular weight is 760 g/mol. The van der Waals surface area contributed by atoms with Crippen LogP contribution in [0.25, 0.3) is 32.8 Å². The molecule has 0 unspecified atom stereocenters. The van der Waals surface area contributed by atoms with E-state index >= 15 is 0 Å². The van der Waals surface area contributed by atoms with Crippen molar-refractivity contribution in [1.82, 2.24) is 35.1 Å². The predicted octanol–water partition coefficient (Wildman–Crippen LogP) is 7.27. The zero-order chi connectivity index (χ0) is 39.1. The van der Waals surface area contributed by atoms with Crippen LogP contribution < -0.4 is 5.32 Å². The van der Waals surface area contributed by atoms with Crippen molar-refractivity contribution in [2.24, 2.45) is 5.92 Å². The number of fused-ring (bicyclic) bond motifs is 4. The van der Waals surface area contributed by atoms with Crippen LogP contribution in [0.5, 0.6) is 0 Å². The molecule has 8 rings (SSSR count). The first kappa shape index (κ1) is 37.3. The maximum atomic E-state index is 14.0. The summed E-state index contributed by atoms with van der Waals surface area (Å²) in [4.78, 5) is 59.9. The van der Waals surface area contributed by atoms with Crippen molar-refractivity contribution < 1.29 is 28.6 Å². The largest absolute Gasteiger partial charge is 0.453 e. The third kappa shape index (κ3) is 7.50. The van der Waals surface area contributed by atoms with Crippen LogP contribution in [-0.4, -0.2) is 92.4 Å². The van der Waals surface area contributed by atoms with Gasteiger partial charge in [-0.25, -0.2) is 19.6 Å². The number of amides is 3. The van der Waals surface area contributed by atoms with E-state index in [0.717, 1.165) is 81.3 Å². The first-order valence-corrected chi connectivity index (χ1v) is 19.6. The van der Waals surface area contributed by atoms with Crippen molar-refractivity contribution in [3.05, 3.63) is 71.3 Å². The lowest BCUT2D eigenvalue weighted by Gasteiger charge is -2.34. The lowest BCUT2D eigenvalue weighted by molar-refractivity contribution is -0.136. The summed E-state index contributed by atoms with van der Waals surface area (Å²) in [5, 5.41) is 4.86. The normalized spacial score (nSPS) is 21.0. The summed E-state index contributed by atoms with van der Waals surface area (Å²) < 4.78 is 16.1. The molecule has 5 aromatic rings. The molecule has 3 aliphatic heterocycles. The summed E-state index contributed by atoms with van der Waals surface area (Å²) in [6.45, 7) is 9.40. The Kier molecular flexibility index (Phi) is 10.1. The summed E-state index contributed by atoms with van der Waals surface area (Å²) in [5.41, 5.74) is 4.58. The molecular weight excluding hydrogens is 711 g/mol. The number of hydrogen-bond acceptors (Lipinski definition) is 8. The van der Waals surface area contributed by atoms with E-state index in [1.54, 1.807) is 0 Å². The zero-order valence-corrected chi connectivity index (χ0v) is 32.6. The molecule has 0 spiro atoms. The predicted molar refractivity (Wildman–Crippen MR) is 212 cm³/mol. The number of aromatic nitrogens is 4. The highest BCUT2D eigenvalue weighted by Crippen LogP contribution is 2.38. The molecule has 3 saturated heterocycles. The molecule has 3 amide bonds. The van der Waals surface area contributed by atoms with Crippen LogP contribution in [0.3, 0.4) is 0 Å². The summed E-state index contributed by atoms with van der Waals surface area (Å²) >= 11 is 0. The lowest BCUT2D eigenvalue weighted by Crippen LogP contribution is -2.53. The number of methoxy groups -OCH3 is 1. The topological polar surface area (TPSA) is 155 Å². The number of benzene rings is 3. The molecule has 56 heavy (non-hydrogen) atoms. The number of ether oxygens (including phenoxy) is 3. The van der Waals surface area contributed by atoms with E-state index in [1.165, 1.54) is 7.11 Å². The first-order valence-electron chi connectivity index (χ1n) is 19.6. The number of rotatable bonds is 5.